The third-order valence-electron chi connectivity index (χ3n) is 5.88. The molecule has 1 heterocycles. The Kier molecular flexibility index (Phi) is 6.74. The van der Waals surface area contributed by atoms with Crippen molar-refractivity contribution in [2.24, 2.45) is 5.92 Å². The quantitative estimate of drug-likeness (QED) is 0.635. The van der Waals surface area contributed by atoms with Crippen molar-refractivity contribution in [2.45, 2.75) is 83.3 Å². The van der Waals surface area contributed by atoms with Crippen molar-refractivity contribution in [3.05, 3.63) is 35.4 Å². The van der Waals surface area contributed by atoms with E-state index < -0.39 is 0 Å². The molecule has 3 rings (SSSR count). The molecule has 2 nitrogen and oxygen atoms in total. The molecule has 2 heteroatoms. The molecule has 2 aliphatic rings. The molecule has 4 atom stereocenters. The van der Waals surface area contributed by atoms with E-state index in [0.29, 0.717) is 12.7 Å². The van der Waals surface area contributed by atoms with E-state index in [-0.39, 0.29) is 6.10 Å². The number of rotatable bonds is 6. The minimum atomic E-state index is 0.116. The van der Waals surface area contributed by atoms with Crippen molar-refractivity contribution in [3.63, 3.8) is 0 Å². The summed E-state index contributed by atoms with van der Waals surface area (Å²) in [6, 6.07) is 9.27. The minimum Gasteiger partial charge on any atom is -0.373 e. The highest BCUT2D eigenvalue weighted by molar-refractivity contribution is 5.28. The van der Waals surface area contributed by atoms with Crippen LogP contribution in [-0.2, 0) is 9.47 Å². The third-order valence-corrected chi connectivity index (χ3v) is 5.88. The Morgan fingerprint density at radius 3 is 2.21 bits per heavy atom. The van der Waals surface area contributed by atoms with Crippen molar-refractivity contribution >= 4 is 0 Å². The molecule has 0 aromatic heterocycles. The second-order valence-electron chi connectivity index (χ2n) is 7.67. The first-order valence-corrected chi connectivity index (χ1v) is 10.1. The molecule has 1 saturated heterocycles. The fourth-order valence-corrected chi connectivity index (χ4v) is 4.54. The summed E-state index contributed by atoms with van der Waals surface area (Å²) >= 11 is 0. The molecule has 0 radical (unpaired) electrons. The van der Waals surface area contributed by atoms with Crippen LogP contribution in [0.4, 0.5) is 0 Å². The standard InChI is InChI=1S/C22H34O2/c1-3-7-17-9-5-6-10-21(17)18-11-13-19(14-12-18)22-16-23-20(8-4-2)15-24-22/h11-14,17,20-22H,3-10,15-16H2,1-2H3/t17-,20+,21-,22+/m1/s1. The molecule has 1 saturated carbocycles. The SMILES string of the molecule is CCC[C@H]1CO[C@H](c2ccc([C@@H]3CCCC[C@H]3CCC)cc2)CO1. The topological polar surface area (TPSA) is 18.5 Å². The first-order chi connectivity index (χ1) is 11.8. The zero-order valence-electron chi connectivity index (χ0n) is 15.5. The molecule has 1 aliphatic carbocycles. The summed E-state index contributed by atoms with van der Waals surface area (Å²) < 4.78 is 12.0. The van der Waals surface area contributed by atoms with E-state index in [9.17, 15) is 0 Å². The van der Waals surface area contributed by atoms with Gasteiger partial charge >= 0.3 is 0 Å². The Hall–Kier alpha value is -0.860. The van der Waals surface area contributed by atoms with Crippen molar-refractivity contribution < 1.29 is 9.47 Å². The van der Waals surface area contributed by atoms with Crippen LogP contribution in [0.3, 0.4) is 0 Å². The van der Waals surface area contributed by atoms with Gasteiger partial charge in [0.15, 0.2) is 0 Å². The summed E-state index contributed by atoms with van der Waals surface area (Å²) in [5.74, 6) is 1.66. The predicted molar refractivity (Wildman–Crippen MR) is 99.4 cm³/mol. The maximum Gasteiger partial charge on any atom is 0.106 e. The fraction of sp³-hybridized carbons (Fsp3) is 0.727. The first kappa shape index (κ1) is 17.9. The Balaban J connectivity index is 1.61. The molecule has 1 aliphatic heterocycles. The zero-order chi connectivity index (χ0) is 16.8. The Labute approximate surface area is 147 Å². The molecular weight excluding hydrogens is 296 g/mol. The molecule has 134 valence electrons. The smallest absolute Gasteiger partial charge is 0.106 e. The summed E-state index contributed by atoms with van der Waals surface area (Å²) in [4.78, 5) is 0. The Morgan fingerprint density at radius 2 is 1.54 bits per heavy atom. The Morgan fingerprint density at radius 1 is 0.833 bits per heavy atom. The maximum absolute atomic E-state index is 6.05. The summed E-state index contributed by atoms with van der Waals surface area (Å²) in [5.41, 5.74) is 2.81. The lowest BCUT2D eigenvalue weighted by molar-refractivity contribution is -0.137. The first-order valence-electron chi connectivity index (χ1n) is 10.1. The van der Waals surface area contributed by atoms with E-state index in [1.807, 2.05) is 0 Å². The van der Waals surface area contributed by atoms with Gasteiger partial charge in [-0.3, -0.25) is 0 Å². The largest absolute Gasteiger partial charge is 0.373 e. The monoisotopic (exact) mass is 330 g/mol. The van der Waals surface area contributed by atoms with Gasteiger partial charge in [-0.05, 0) is 42.2 Å². The number of hydrogen-bond acceptors (Lipinski definition) is 2. The lowest BCUT2D eigenvalue weighted by atomic mass is 9.73. The van der Waals surface area contributed by atoms with Crippen LogP contribution in [0.15, 0.2) is 24.3 Å². The van der Waals surface area contributed by atoms with Crippen molar-refractivity contribution in [1.82, 2.24) is 0 Å². The number of hydrogen-bond donors (Lipinski definition) is 0. The van der Waals surface area contributed by atoms with Gasteiger partial charge in [-0.15, -0.1) is 0 Å². The van der Waals surface area contributed by atoms with Crippen LogP contribution < -0.4 is 0 Å². The van der Waals surface area contributed by atoms with E-state index in [4.69, 9.17) is 9.47 Å². The highest BCUT2D eigenvalue weighted by Crippen LogP contribution is 2.40. The second-order valence-corrected chi connectivity index (χ2v) is 7.67. The van der Waals surface area contributed by atoms with Crippen LogP contribution in [0.1, 0.15) is 88.4 Å². The number of benzene rings is 1. The second kappa shape index (κ2) is 9.01. The van der Waals surface area contributed by atoms with Gasteiger partial charge in [0.25, 0.3) is 0 Å². The van der Waals surface area contributed by atoms with Crippen LogP contribution in [0, 0.1) is 5.92 Å². The average Bonchev–Trinajstić information content (AvgIpc) is 2.64. The summed E-state index contributed by atoms with van der Waals surface area (Å²) in [7, 11) is 0. The van der Waals surface area contributed by atoms with Crippen molar-refractivity contribution in [3.8, 4) is 0 Å². The van der Waals surface area contributed by atoms with Crippen LogP contribution >= 0.6 is 0 Å². The predicted octanol–water partition coefficient (Wildman–Crippen LogP) is 6.02. The summed E-state index contributed by atoms with van der Waals surface area (Å²) in [6.45, 7) is 5.96. The molecule has 0 spiro atoms. The van der Waals surface area contributed by atoms with Gasteiger partial charge in [0.1, 0.15) is 6.10 Å². The van der Waals surface area contributed by atoms with Gasteiger partial charge in [-0.1, -0.05) is 70.2 Å². The summed E-state index contributed by atoms with van der Waals surface area (Å²) in [5, 5.41) is 0. The van der Waals surface area contributed by atoms with Crippen LogP contribution in [0.2, 0.25) is 0 Å². The molecule has 0 N–H and O–H groups in total. The highest BCUT2D eigenvalue weighted by Gasteiger charge is 2.27. The van der Waals surface area contributed by atoms with Gasteiger partial charge in [-0.2, -0.15) is 0 Å². The lowest BCUT2D eigenvalue weighted by Crippen LogP contribution is -2.30. The fourth-order valence-electron chi connectivity index (χ4n) is 4.54. The molecule has 0 bridgehead atoms. The van der Waals surface area contributed by atoms with E-state index in [1.165, 1.54) is 49.7 Å². The molecule has 1 aromatic carbocycles. The third kappa shape index (κ3) is 4.40. The minimum absolute atomic E-state index is 0.116. The van der Waals surface area contributed by atoms with E-state index in [0.717, 1.165) is 31.3 Å². The maximum atomic E-state index is 6.05. The lowest BCUT2D eigenvalue weighted by Gasteiger charge is -2.32. The van der Waals surface area contributed by atoms with E-state index in [2.05, 4.69) is 38.1 Å². The number of ether oxygens (including phenoxy) is 2. The van der Waals surface area contributed by atoms with Crippen LogP contribution in [0.5, 0.6) is 0 Å². The highest BCUT2D eigenvalue weighted by atomic mass is 16.6. The normalized spacial score (nSPS) is 31.1. The Bertz CT molecular complexity index is 471. The van der Waals surface area contributed by atoms with Gasteiger partial charge in [0, 0.05) is 0 Å². The molecule has 1 aromatic rings. The van der Waals surface area contributed by atoms with Gasteiger partial charge in [0.05, 0.1) is 19.3 Å². The average molecular weight is 331 g/mol. The zero-order valence-corrected chi connectivity index (χ0v) is 15.5. The van der Waals surface area contributed by atoms with Crippen LogP contribution in [-0.4, -0.2) is 19.3 Å². The van der Waals surface area contributed by atoms with Crippen molar-refractivity contribution in [1.29, 1.82) is 0 Å². The molecule has 0 amide bonds. The summed E-state index contributed by atoms with van der Waals surface area (Å²) in [6.07, 6.45) is 11.0. The van der Waals surface area contributed by atoms with Crippen LogP contribution in [0.25, 0.3) is 0 Å². The van der Waals surface area contributed by atoms with Gasteiger partial charge in [0.2, 0.25) is 0 Å². The molecule has 2 fully saturated rings. The molecule has 0 unspecified atom stereocenters. The molecular formula is C22H34O2. The van der Waals surface area contributed by atoms with Gasteiger partial charge in [-0.25, -0.2) is 0 Å². The van der Waals surface area contributed by atoms with E-state index >= 15 is 0 Å². The van der Waals surface area contributed by atoms with Gasteiger partial charge < -0.3 is 9.47 Å². The molecule has 24 heavy (non-hydrogen) atoms. The van der Waals surface area contributed by atoms with Crippen molar-refractivity contribution in [2.75, 3.05) is 13.2 Å². The van der Waals surface area contributed by atoms with E-state index in [1.54, 1.807) is 0 Å².